The first-order valence-electron chi connectivity index (χ1n) is 6.64. The molecule has 0 amide bonds. The van der Waals surface area contributed by atoms with Crippen LogP contribution in [0.2, 0.25) is 0 Å². The Morgan fingerprint density at radius 2 is 1.94 bits per heavy atom. The zero-order valence-electron chi connectivity index (χ0n) is 11.6. The molecule has 1 aromatic carbocycles. The largest absolute Gasteiger partial charge is 0.391 e. The highest BCUT2D eigenvalue weighted by Crippen LogP contribution is 2.17. The Labute approximate surface area is 110 Å². The average molecular weight is 251 g/mol. The summed E-state index contributed by atoms with van der Waals surface area (Å²) in [7, 11) is 1.61. The number of hydrogen-bond acceptors (Lipinski definition) is 3. The van der Waals surface area contributed by atoms with Gasteiger partial charge in [-0.1, -0.05) is 36.8 Å². The lowest BCUT2D eigenvalue weighted by Crippen LogP contribution is -2.26. The van der Waals surface area contributed by atoms with Gasteiger partial charge in [-0.3, -0.25) is 0 Å². The molecular weight excluding hydrogens is 226 g/mol. The van der Waals surface area contributed by atoms with Gasteiger partial charge in [0.05, 0.1) is 12.7 Å². The smallest absolute Gasteiger partial charge is 0.0785 e. The molecule has 0 saturated heterocycles. The normalized spacial score (nSPS) is 14.4. The highest BCUT2D eigenvalue weighted by atomic mass is 16.5. The first-order chi connectivity index (χ1) is 8.67. The molecular formula is C15H25NO2. The van der Waals surface area contributed by atoms with Crippen molar-refractivity contribution >= 4 is 0 Å². The van der Waals surface area contributed by atoms with Crippen LogP contribution in [0.4, 0.5) is 0 Å². The molecule has 0 aliphatic rings. The summed E-state index contributed by atoms with van der Waals surface area (Å²) >= 11 is 0. The first kappa shape index (κ1) is 15.2. The molecule has 0 radical (unpaired) electrons. The van der Waals surface area contributed by atoms with Gasteiger partial charge < -0.3 is 15.2 Å². The SMILES string of the molecule is CCC(NCCC(O)COC)c1ccc(C)cc1. The Balaban J connectivity index is 2.40. The minimum Gasteiger partial charge on any atom is -0.391 e. The van der Waals surface area contributed by atoms with E-state index in [1.807, 2.05) is 0 Å². The van der Waals surface area contributed by atoms with Crippen LogP contribution < -0.4 is 5.32 Å². The minimum atomic E-state index is -0.377. The van der Waals surface area contributed by atoms with Crippen LogP contribution in [0.5, 0.6) is 0 Å². The van der Waals surface area contributed by atoms with Crippen molar-refractivity contribution in [1.29, 1.82) is 0 Å². The van der Waals surface area contributed by atoms with Crippen LogP contribution in [0.25, 0.3) is 0 Å². The van der Waals surface area contributed by atoms with Crippen molar-refractivity contribution in [3.8, 4) is 0 Å². The van der Waals surface area contributed by atoms with Crippen molar-refractivity contribution < 1.29 is 9.84 Å². The summed E-state index contributed by atoms with van der Waals surface area (Å²) in [6, 6.07) is 8.98. The number of aryl methyl sites for hydroxylation is 1. The van der Waals surface area contributed by atoms with E-state index in [4.69, 9.17) is 4.74 Å². The number of aliphatic hydroxyl groups is 1. The van der Waals surface area contributed by atoms with E-state index in [2.05, 4.69) is 43.4 Å². The summed E-state index contributed by atoms with van der Waals surface area (Å²) in [5.41, 5.74) is 2.59. The van der Waals surface area contributed by atoms with Crippen LogP contribution in [-0.4, -0.2) is 31.5 Å². The molecule has 1 rings (SSSR count). The minimum absolute atomic E-state index is 0.361. The second kappa shape index (κ2) is 8.25. The molecule has 0 heterocycles. The van der Waals surface area contributed by atoms with Crippen molar-refractivity contribution in [3.05, 3.63) is 35.4 Å². The highest BCUT2D eigenvalue weighted by Gasteiger charge is 2.09. The molecule has 0 fully saturated rings. The summed E-state index contributed by atoms with van der Waals surface area (Å²) in [5.74, 6) is 0. The molecule has 0 aliphatic carbocycles. The van der Waals surface area contributed by atoms with Gasteiger partial charge in [-0.15, -0.1) is 0 Å². The molecule has 2 unspecified atom stereocenters. The van der Waals surface area contributed by atoms with Gasteiger partial charge in [-0.25, -0.2) is 0 Å². The molecule has 0 spiro atoms. The van der Waals surface area contributed by atoms with Crippen LogP contribution in [0.15, 0.2) is 24.3 Å². The maximum absolute atomic E-state index is 9.58. The number of methoxy groups -OCH3 is 1. The maximum atomic E-state index is 9.58. The molecule has 102 valence electrons. The van der Waals surface area contributed by atoms with Gasteiger partial charge in [0.1, 0.15) is 0 Å². The van der Waals surface area contributed by atoms with Crippen LogP contribution in [-0.2, 0) is 4.74 Å². The van der Waals surface area contributed by atoms with Gasteiger partial charge in [0.25, 0.3) is 0 Å². The first-order valence-corrected chi connectivity index (χ1v) is 6.64. The molecule has 0 aromatic heterocycles. The van der Waals surface area contributed by atoms with Crippen LogP contribution in [0.3, 0.4) is 0 Å². The number of ether oxygens (including phenoxy) is 1. The summed E-state index contributed by atoms with van der Waals surface area (Å²) in [6.45, 7) is 5.47. The van der Waals surface area contributed by atoms with E-state index in [0.29, 0.717) is 12.6 Å². The zero-order valence-corrected chi connectivity index (χ0v) is 11.6. The number of hydrogen-bond donors (Lipinski definition) is 2. The van der Waals surface area contributed by atoms with Crippen molar-refractivity contribution in [3.63, 3.8) is 0 Å². The molecule has 0 bridgehead atoms. The van der Waals surface area contributed by atoms with Crippen molar-refractivity contribution in [2.24, 2.45) is 0 Å². The molecule has 0 saturated carbocycles. The Bertz CT molecular complexity index is 324. The van der Waals surface area contributed by atoms with E-state index in [0.717, 1.165) is 19.4 Å². The number of aliphatic hydroxyl groups excluding tert-OH is 1. The number of rotatable bonds is 8. The van der Waals surface area contributed by atoms with E-state index in [9.17, 15) is 5.11 Å². The lowest BCUT2D eigenvalue weighted by Gasteiger charge is -2.19. The number of benzene rings is 1. The average Bonchev–Trinajstić information content (AvgIpc) is 2.36. The lowest BCUT2D eigenvalue weighted by atomic mass is 10.0. The molecule has 1 aromatic rings. The van der Waals surface area contributed by atoms with Gasteiger partial charge in [-0.2, -0.15) is 0 Å². The van der Waals surface area contributed by atoms with Crippen LogP contribution >= 0.6 is 0 Å². The maximum Gasteiger partial charge on any atom is 0.0785 e. The van der Waals surface area contributed by atoms with E-state index in [-0.39, 0.29) is 6.10 Å². The summed E-state index contributed by atoms with van der Waals surface area (Å²) in [5, 5.41) is 13.1. The van der Waals surface area contributed by atoms with Crippen molar-refractivity contribution in [2.45, 2.75) is 38.8 Å². The third-order valence-electron chi connectivity index (χ3n) is 3.12. The quantitative estimate of drug-likeness (QED) is 0.745. The summed E-state index contributed by atoms with van der Waals surface area (Å²) in [4.78, 5) is 0. The van der Waals surface area contributed by atoms with E-state index in [1.54, 1.807) is 7.11 Å². The lowest BCUT2D eigenvalue weighted by molar-refractivity contribution is 0.0589. The van der Waals surface area contributed by atoms with E-state index in [1.165, 1.54) is 11.1 Å². The highest BCUT2D eigenvalue weighted by molar-refractivity contribution is 5.23. The molecule has 2 N–H and O–H groups in total. The third-order valence-corrected chi connectivity index (χ3v) is 3.12. The van der Waals surface area contributed by atoms with E-state index < -0.39 is 0 Å². The zero-order chi connectivity index (χ0) is 13.4. The molecule has 0 aliphatic heterocycles. The van der Waals surface area contributed by atoms with Crippen LogP contribution in [0, 0.1) is 6.92 Å². The molecule has 2 atom stereocenters. The monoisotopic (exact) mass is 251 g/mol. The second-order valence-electron chi connectivity index (χ2n) is 4.72. The van der Waals surface area contributed by atoms with E-state index >= 15 is 0 Å². The Hall–Kier alpha value is -0.900. The summed E-state index contributed by atoms with van der Waals surface area (Å²) in [6.07, 6.45) is 1.39. The third kappa shape index (κ3) is 5.17. The fourth-order valence-electron chi connectivity index (χ4n) is 2.00. The van der Waals surface area contributed by atoms with Crippen molar-refractivity contribution in [1.82, 2.24) is 5.32 Å². The summed E-state index contributed by atoms with van der Waals surface area (Å²) < 4.78 is 4.91. The Kier molecular flexibility index (Phi) is 6.94. The van der Waals surface area contributed by atoms with Gasteiger partial charge in [-0.05, 0) is 31.9 Å². The van der Waals surface area contributed by atoms with Gasteiger partial charge >= 0.3 is 0 Å². The molecule has 3 heteroatoms. The fraction of sp³-hybridized carbons (Fsp3) is 0.600. The predicted octanol–water partition coefficient (Wildman–Crippen LogP) is 2.43. The standard InChI is InChI=1S/C15H25NO2/c1-4-15(13-7-5-12(2)6-8-13)16-10-9-14(17)11-18-3/h5-8,14-17H,4,9-11H2,1-3H3. The van der Waals surface area contributed by atoms with Gasteiger partial charge in [0.15, 0.2) is 0 Å². The molecule has 18 heavy (non-hydrogen) atoms. The number of nitrogens with one attached hydrogen (secondary N) is 1. The predicted molar refractivity (Wildman–Crippen MR) is 74.7 cm³/mol. The van der Waals surface area contributed by atoms with Crippen molar-refractivity contribution in [2.75, 3.05) is 20.3 Å². The Morgan fingerprint density at radius 1 is 1.28 bits per heavy atom. The fourth-order valence-corrected chi connectivity index (χ4v) is 2.00. The van der Waals surface area contributed by atoms with Gasteiger partial charge in [0.2, 0.25) is 0 Å². The van der Waals surface area contributed by atoms with Gasteiger partial charge in [0, 0.05) is 13.2 Å². The van der Waals surface area contributed by atoms with Crippen LogP contribution in [0.1, 0.15) is 36.9 Å². The molecule has 3 nitrogen and oxygen atoms in total. The Morgan fingerprint density at radius 3 is 2.50 bits per heavy atom. The topological polar surface area (TPSA) is 41.5 Å². The second-order valence-corrected chi connectivity index (χ2v) is 4.72.